The number of carbonyl (C=O) groups is 1. The maximum absolute atomic E-state index is 11.4. The summed E-state index contributed by atoms with van der Waals surface area (Å²) in [6.07, 6.45) is 3.72. The van der Waals surface area contributed by atoms with E-state index in [4.69, 9.17) is 4.74 Å². The van der Waals surface area contributed by atoms with Crippen molar-refractivity contribution in [2.24, 2.45) is 0 Å². The second-order valence-corrected chi connectivity index (χ2v) is 5.97. The lowest BCUT2D eigenvalue weighted by Crippen LogP contribution is -2.38. The number of hydrogen-bond acceptors (Lipinski definition) is 4. The smallest absolute Gasteiger partial charge is 0.320 e. The summed E-state index contributed by atoms with van der Waals surface area (Å²) in [5.74, 6) is 1.02. The van der Waals surface area contributed by atoms with E-state index in [9.17, 15) is 4.79 Å². The van der Waals surface area contributed by atoms with Gasteiger partial charge in [0.15, 0.2) is 0 Å². The highest BCUT2D eigenvalue weighted by molar-refractivity contribution is 7.99. The van der Waals surface area contributed by atoms with E-state index < -0.39 is 0 Å². The molecule has 1 aliphatic rings. The molecular formula is C12H23NO2S. The van der Waals surface area contributed by atoms with Crippen LogP contribution in [-0.2, 0) is 9.53 Å². The van der Waals surface area contributed by atoms with Crippen LogP contribution in [0.2, 0.25) is 0 Å². The van der Waals surface area contributed by atoms with Gasteiger partial charge >= 0.3 is 5.97 Å². The molecule has 0 radical (unpaired) electrons. The normalized spacial score (nSPS) is 25.0. The predicted octanol–water partition coefficient (Wildman–Crippen LogP) is 2.20. The standard InChI is InChI=1S/C12H23NO2S/c1-4-16-11-7-5-6-10(11)13-8-12(14)15-9(2)3/h9-11,13H,4-8H2,1-3H3. The molecular weight excluding hydrogens is 222 g/mol. The first-order valence-corrected chi connectivity index (χ1v) is 7.22. The van der Waals surface area contributed by atoms with Gasteiger partial charge in [0.1, 0.15) is 0 Å². The molecule has 2 atom stereocenters. The number of thioether (sulfide) groups is 1. The Labute approximate surface area is 103 Å². The Morgan fingerprint density at radius 1 is 1.50 bits per heavy atom. The van der Waals surface area contributed by atoms with Gasteiger partial charge in [-0.25, -0.2) is 0 Å². The first-order chi connectivity index (χ1) is 7.63. The van der Waals surface area contributed by atoms with E-state index in [-0.39, 0.29) is 12.1 Å². The summed E-state index contributed by atoms with van der Waals surface area (Å²) in [4.78, 5) is 11.4. The molecule has 3 nitrogen and oxygen atoms in total. The SMILES string of the molecule is CCSC1CCCC1NCC(=O)OC(C)C. The van der Waals surface area contributed by atoms with Crippen LogP contribution in [0.3, 0.4) is 0 Å². The highest BCUT2D eigenvalue weighted by Crippen LogP contribution is 2.29. The third-order valence-corrected chi connectivity index (χ3v) is 4.03. The molecule has 0 spiro atoms. The minimum absolute atomic E-state index is 0.0151. The monoisotopic (exact) mass is 245 g/mol. The van der Waals surface area contributed by atoms with Gasteiger partial charge in [-0.3, -0.25) is 4.79 Å². The van der Waals surface area contributed by atoms with Crippen LogP contribution >= 0.6 is 11.8 Å². The molecule has 0 aromatic carbocycles. The Morgan fingerprint density at radius 3 is 2.88 bits per heavy atom. The molecule has 0 amide bonds. The predicted molar refractivity (Wildman–Crippen MR) is 68.8 cm³/mol. The number of rotatable bonds is 6. The maximum Gasteiger partial charge on any atom is 0.320 e. The molecule has 94 valence electrons. The number of hydrogen-bond donors (Lipinski definition) is 1. The van der Waals surface area contributed by atoms with Gasteiger partial charge in [0, 0.05) is 11.3 Å². The molecule has 0 bridgehead atoms. The maximum atomic E-state index is 11.4. The number of esters is 1. The van der Waals surface area contributed by atoms with Crippen molar-refractivity contribution in [2.45, 2.75) is 57.4 Å². The first-order valence-electron chi connectivity index (χ1n) is 6.18. The summed E-state index contributed by atoms with van der Waals surface area (Å²) in [5.41, 5.74) is 0. The van der Waals surface area contributed by atoms with Gasteiger partial charge in [0.05, 0.1) is 12.6 Å². The van der Waals surface area contributed by atoms with Crippen molar-refractivity contribution in [2.75, 3.05) is 12.3 Å². The minimum Gasteiger partial charge on any atom is -0.462 e. The summed E-state index contributed by atoms with van der Waals surface area (Å²) in [7, 11) is 0. The Bertz CT molecular complexity index is 221. The van der Waals surface area contributed by atoms with Crippen LogP contribution in [0.15, 0.2) is 0 Å². The molecule has 0 heterocycles. The molecule has 1 rings (SSSR count). The quantitative estimate of drug-likeness (QED) is 0.728. The molecule has 2 unspecified atom stereocenters. The zero-order chi connectivity index (χ0) is 12.0. The Kier molecular flexibility index (Phi) is 6.21. The third kappa shape index (κ3) is 4.74. The lowest BCUT2D eigenvalue weighted by atomic mass is 10.2. The van der Waals surface area contributed by atoms with Gasteiger partial charge in [-0.05, 0) is 32.4 Å². The van der Waals surface area contributed by atoms with Gasteiger partial charge in [0.2, 0.25) is 0 Å². The van der Waals surface area contributed by atoms with Crippen molar-refractivity contribution in [3.05, 3.63) is 0 Å². The molecule has 1 fully saturated rings. The molecule has 4 heteroatoms. The summed E-state index contributed by atoms with van der Waals surface area (Å²) in [5, 5.41) is 4.00. The molecule has 16 heavy (non-hydrogen) atoms. The lowest BCUT2D eigenvalue weighted by Gasteiger charge is -2.20. The van der Waals surface area contributed by atoms with Crippen molar-refractivity contribution in [1.29, 1.82) is 0 Å². The molecule has 0 aromatic heterocycles. The van der Waals surface area contributed by atoms with Crippen molar-refractivity contribution in [3.63, 3.8) is 0 Å². The molecule has 1 N–H and O–H groups in total. The van der Waals surface area contributed by atoms with Crippen LogP contribution < -0.4 is 5.32 Å². The van der Waals surface area contributed by atoms with Crippen molar-refractivity contribution >= 4 is 17.7 Å². The largest absolute Gasteiger partial charge is 0.462 e. The van der Waals surface area contributed by atoms with Crippen molar-refractivity contribution < 1.29 is 9.53 Å². The Hall–Kier alpha value is -0.220. The molecule has 1 aliphatic carbocycles. The van der Waals surface area contributed by atoms with Crippen molar-refractivity contribution in [3.8, 4) is 0 Å². The molecule has 0 aromatic rings. The highest BCUT2D eigenvalue weighted by atomic mass is 32.2. The number of ether oxygens (including phenoxy) is 1. The summed E-state index contributed by atoms with van der Waals surface area (Å²) < 4.78 is 5.10. The topological polar surface area (TPSA) is 38.3 Å². The molecule has 1 saturated carbocycles. The Balaban J connectivity index is 2.23. The summed E-state index contributed by atoms with van der Waals surface area (Å²) >= 11 is 2.00. The second kappa shape index (κ2) is 7.17. The second-order valence-electron chi connectivity index (χ2n) is 4.45. The fraction of sp³-hybridized carbons (Fsp3) is 0.917. The lowest BCUT2D eigenvalue weighted by molar-refractivity contribution is -0.146. The molecule has 0 saturated heterocycles. The summed E-state index contributed by atoms with van der Waals surface area (Å²) in [6.45, 7) is 6.29. The van der Waals surface area contributed by atoms with Gasteiger partial charge < -0.3 is 10.1 Å². The van der Waals surface area contributed by atoms with E-state index in [0.717, 1.165) is 5.75 Å². The van der Waals surface area contributed by atoms with Gasteiger partial charge in [-0.15, -0.1) is 0 Å². The zero-order valence-corrected chi connectivity index (χ0v) is 11.3. The van der Waals surface area contributed by atoms with Crippen LogP contribution in [0.1, 0.15) is 40.0 Å². The minimum atomic E-state index is -0.137. The van der Waals surface area contributed by atoms with Gasteiger partial charge in [0.25, 0.3) is 0 Å². The van der Waals surface area contributed by atoms with Crippen LogP contribution in [0, 0.1) is 0 Å². The fourth-order valence-corrected chi connectivity index (χ4v) is 3.32. The van der Waals surface area contributed by atoms with Crippen LogP contribution in [0.4, 0.5) is 0 Å². The zero-order valence-electron chi connectivity index (χ0n) is 10.5. The van der Waals surface area contributed by atoms with E-state index in [1.54, 1.807) is 0 Å². The van der Waals surface area contributed by atoms with Crippen LogP contribution in [0.25, 0.3) is 0 Å². The van der Waals surface area contributed by atoms with Gasteiger partial charge in [-0.2, -0.15) is 11.8 Å². The number of carbonyl (C=O) groups excluding carboxylic acids is 1. The first kappa shape index (κ1) is 13.8. The Morgan fingerprint density at radius 2 is 2.25 bits per heavy atom. The average Bonchev–Trinajstić information content (AvgIpc) is 2.62. The number of nitrogens with one attached hydrogen (secondary N) is 1. The van der Waals surface area contributed by atoms with Crippen LogP contribution in [0.5, 0.6) is 0 Å². The van der Waals surface area contributed by atoms with E-state index in [0.29, 0.717) is 17.8 Å². The van der Waals surface area contributed by atoms with E-state index in [1.807, 2.05) is 25.6 Å². The van der Waals surface area contributed by atoms with E-state index in [2.05, 4.69) is 12.2 Å². The average molecular weight is 245 g/mol. The fourth-order valence-electron chi connectivity index (χ4n) is 2.09. The van der Waals surface area contributed by atoms with E-state index in [1.165, 1.54) is 19.3 Å². The molecule has 0 aliphatic heterocycles. The third-order valence-electron chi connectivity index (χ3n) is 2.71. The van der Waals surface area contributed by atoms with Crippen molar-refractivity contribution in [1.82, 2.24) is 5.32 Å². The highest BCUT2D eigenvalue weighted by Gasteiger charge is 2.27. The summed E-state index contributed by atoms with van der Waals surface area (Å²) in [6, 6.07) is 0.490. The van der Waals surface area contributed by atoms with Gasteiger partial charge in [-0.1, -0.05) is 13.3 Å². The van der Waals surface area contributed by atoms with E-state index >= 15 is 0 Å². The van der Waals surface area contributed by atoms with Crippen LogP contribution in [-0.4, -0.2) is 35.7 Å².